The molecular weight excluding hydrogens is 413 g/mol. The highest BCUT2D eigenvalue weighted by atomic mass is 19.4. The first-order valence-corrected chi connectivity index (χ1v) is 9.67. The van der Waals surface area contributed by atoms with Crippen molar-refractivity contribution in [3.63, 3.8) is 0 Å². The number of nitrogens with one attached hydrogen (secondary N) is 1. The molecule has 1 aromatic carbocycles. The molecule has 1 amide bonds. The Hall–Kier alpha value is -3.39. The van der Waals surface area contributed by atoms with Crippen LogP contribution in [0.5, 0.6) is 0 Å². The molecule has 3 heterocycles. The second kappa shape index (κ2) is 8.03. The van der Waals surface area contributed by atoms with Crippen LogP contribution in [-0.2, 0) is 9.53 Å². The molecule has 11 heteroatoms. The van der Waals surface area contributed by atoms with Crippen LogP contribution in [0.4, 0.5) is 36.3 Å². The maximum Gasteiger partial charge on any atom is 0.416 e. The number of nitrogens with zero attached hydrogens (tertiary/aromatic N) is 5. The molecule has 4 rings (SSSR count). The van der Waals surface area contributed by atoms with Gasteiger partial charge in [0, 0.05) is 43.6 Å². The van der Waals surface area contributed by atoms with Gasteiger partial charge in [-0.1, -0.05) is 0 Å². The van der Waals surface area contributed by atoms with Gasteiger partial charge in [0.1, 0.15) is 5.82 Å². The third-order valence-corrected chi connectivity index (χ3v) is 5.41. The number of alkyl halides is 3. The van der Waals surface area contributed by atoms with Gasteiger partial charge in [0.2, 0.25) is 11.4 Å². The number of hydrogen-bond donors (Lipinski definition) is 1. The van der Waals surface area contributed by atoms with E-state index < -0.39 is 23.9 Å². The fourth-order valence-electron chi connectivity index (χ4n) is 3.63. The summed E-state index contributed by atoms with van der Waals surface area (Å²) in [6, 6.07) is 10.1. The van der Waals surface area contributed by atoms with Gasteiger partial charge in [-0.15, -0.1) is 0 Å². The van der Waals surface area contributed by atoms with Gasteiger partial charge in [-0.2, -0.15) is 23.4 Å². The highest BCUT2D eigenvalue weighted by Crippen LogP contribution is 2.46. The zero-order valence-corrected chi connectivity index (χ0v) is 16.4. The molecule has 1 unspecified atom stereocenters. The quantitative estimate of drug-likeness (QED) is 0.794. The zero-order valence-electron chi connectivity index (χ0n) is 16.4. The van der Waals surface area contributed by atoms with E-state index in [9.17, 15) is 18.0 Å². The molecule has 31 heavy (non-hydrogen) atoms. The van der Waals surface area contributed by atoms with Crippen molar-refractivity contribution in [2.24, 2.45) is 5.41 Å². The smallest absolute Gasteiger partial charge is 0.378 e. The molecule has 1 N–H and O–H groups in total. The minimum atomic E-state index is -4.95. The van der Waals surface area contributed by atoms with Crippen molar-refractivity contribution in [1.29, 1.82) is 5.26 Å². The molecule has 1 aromatic heterocycles. The summed E-state index contributed by atoms with van der Waals surface area (Å²) in [7, 11) is 0. The average Bonchev–Trinajstić information content (AvgIpc) is 3.12. The monoisotopic (exact) mass is 432 g/mol. The Kier molecular flexibility index (Phi) is 5.41. The molecule has 2 aliphatic rings. The minimum absolute atomic E-state index is 0.00816. The van der Waals surface area contributed by atoms with Crippen molar-refractivity contribution in [3.8, 4) is 6.07 Å². The van der Waals surface area contributed by atoms with Crippen molar-refractivity contribution in [2.45, 2.75) is 12.6 Å². The number of halogens is 3. The number of morpholine rings is 1. The van der Waals surface area contributed by atoms with Crippen LogP contribution in [0, 0.1) is 16.7 Å². The Bertz CT molecular complexity index is 1000. The lowest BCUT2D eigenvalue weighted by atomic mass is 9.87. The predicted molar refractivity (Wildman–Crippen MR) is 106 cm³/mol. The molecule has 2 fully saturated rings. The number of rotatable bonds is 4. The largest absolute Gasteiger partial charge is 0.416 e. The van der Waals surface area contributed by atoms with Gasteiger partial charge in [-0.05, 0) is 30.3 Å². The topological polar surface area (TPSA) is 94.4 Å². The standard InChI is InChI=1S/C20H19F3N6O2/c21-20(22,23)19(13-24)6-8-29(17(19)30)16-5-7-25-18(27-16)26-14-1-3-15(4-2-14)28-9-11-31-12-10-28/h1-5,7H,6,8-12H2,(H,25,26,27). The van der Waals surface area contributed by atoms with E-state index >= 15 is 0 Å². The van der Waals surface area contributed by atoms with Crippen LogP contribution < -0.4 is 15.1 Å². The van der Waals surface area contributed by atoms with Gasteiger partial charge in [0.05, 0.1) is 19.3 Å². The molecule has 0 aliphatic carbocycles. The number of anilines is 4. The molecule has 0 spiro atoms. The Morgan fingerprint density at radius 1 is 1.13 bits per heavy atom. The van der Waals surface area contributed by atoms with Gasteiger partial charge in [-0.25, -0.2) is 4.98 Å². The van der Waals surface area contributed by atoms with Crippen LogP contribution >= 0.6 is 0 Å². The SMILES string of the molecule is N#CC1(C(F)(F)F)CCN(c2ccnc(Nc3ccc(N4CCOCC4)cc3)n2)C1=O. The van der Waals surface area contributed by atoms with Crippen molar-refractivity contribution >= 4 is 29.0 Å². The van der Waals surface area contributed by atoms with E-state index in [4.69, 9.17) is 10.00 Å². The summed E-state index contributed by atoms with van der Waals surface area (Å²) in [6.45, 7) is 2.72. The second-order valence-corrected chi connectivity index (χ2v) is 7.23. The van der Waals surface area contributed by atoms with Gasteiger partial charge >= 0.3 is 6.18 Å². The van der Waals surface area contributed by atoms with Gasteiger partial charge in [0.25, 0.3) is 5.91 Å². The maximum absolute atomic E-state index is 13.4. The molecule has 0 bridgehead atoms. The number of nitriles is 1. The number of hydrogen-bond acceptors (Lipinski definition) is 7. The Labute approximate surface area is 176 Å². The number of ether oxygens (including phenoxy) is 1. The van der Waals surface area contributed by atoms with E-state index in [0.717, 1.165) is 23.7 Å². The number of amides is 1. The molecule has 0 radical (unpaired) electrons. The molecule has 8 nitrogen and oxygen atoms in total. The van der Waals surface area contributed by atoms with E-state index in [1.165, 1.54) is 18.3 Å². The molecule has 0 saturated carbocycles. The second-order valence-electron chi connectivity index (χ2n) is 7.23. The van der Waals surface area contributed by atoms with Crippen molar-refractivity contribution < 1.29 is 22.7 Å². The molecule has 2 aliphatic heterocycles. The van der Waals surface area contributed by atoms with Gasteiger partial charge < -0.3 is 15.0 Å². The lowest BCUT2D eigenvalue weighted by Gasteiger charge is -2.28. The van der Waals surface area contributed by atoms with Crippen LogP contribution in [0.15, 0.2) is 36.5 Å². The molecule has 2 saturated heterocycles. The highest BCUT2D eigenvalue weighted by Gasteiger charge is 2.65. The third kappa shape index (κ3) is 3.86. The summed E-state index contributed by atoms with van der Waals surface area (Å²) in [5, 5.41) is 12.1. The highest BCUT2D eigenvalue weighted by molar-refractivity contribution is 6.01. The van der Waals surface area contributed by atoms with Crippen LogP contribution in [0.25, 0.3) is 0 Å². The first-order chi connectivity index (χ1) is 14.8. The molecule has 162 valence electrons. The van der Waals surface area contributed by atoms with E-state index in [1.54, 1.807) is 0 Å². The Morgan fingerprint density at radius 2 is 1.84 bits per heavy atom. The summed E-state index contributed by atoms with van der Waals surface area (Å²) in [4.78, 5) is 23.8. The summed E-state index contributed by atoms with van der Waals surface area (Å²) < 4.78 is 45.4. The minimum Gasteiger partial charge on any atom is -0.378 e. The van der Waals surface area contributed by atoms with Crippen LogP contribution in [0.3, 0.4) is 0 Å². The molecule has 1 atom stereocenters. The summed E-state index contributed by atoms with van der Waals surface area (Å²) in [5.41, 5.74) is -1.31. The van der Waals surface area contributed by atoms with Gasteiger partial charge in [0.15, 0.2) is 0 Å². The number of aromatic nitrogens is 2. The maximum atomic E-state index is 13.4. The van der Waals surface area contributed by atoms with Crippen molar-refractivity contribution in [2.75, 3.05) is 48.0 Å². The van der Waals surface area contributed by atoms with Crippen LogP contribution in [-0.4, -0.2) is 54.9 Å². The summed E-state index contributed by atoms with van der Waals surface area (Å²) in [5.74, 6) is -1.18. The normalized spacial score (nSPS) is 21.8. The Balaban J connectivity index is 1.49. The van der Waals surface area contributed by atoms with E-state index in [1.807, 2.05) is 24.3 Å². The predicted octanol–water partition coefficient (Wildman–Crippen LogP) is 2.87. The van der Waals surface area contributed by atoms with Crippen LogP contribution in [0.1, 0.15) is 6.42 Å². The third-order valence-electron chi connectivity index (χ3n) is 5.41. The number of carbonyl (C=O) groups excluding carboxylic acids is 1. The van der Waals surface area contributed by atoms with E-state index in [2.05, 4.69) is 20.2 Å². The fourth-order valence-corrected chi connectivity index (χ4v) is 3.63. The van der Waals surface area contributed by atoms with Crippen molar-refractivity contribution in [1.82, 2.24) is 9.97 Å². The first-order valence-electron chi connectivity index (χ1n) is 9.67. The number of carbonyl (C=O) groups is 1. The first kappa shape index (κ1) is 20.9. The van der Waals surface area contributed by atoms with E-state index in [0.29, 0.717) is 18.9 Å². The average molecular weight is 432 g/mol. The lowest BCUT2D eigenvalue weighted by Crippen LogP contribution is -2.44. The molecule has 2 aromatic rings. The molecular formula is C20H19F3N6O2. The van der Waals surface area contributed by atoms with Crippen molar-refractivity contribution in [3.05, 3.63) is 36.5 Å². The zero-order chi connectivity index (χ0) is 22.1. The lowest BCUT2D eigenvalue weighted by molar-refractivity contribution is -0.199. The van der Waals surface area contributed by atoms with Gasteiger partial charge in [-0.3, -0.25) is 9.69 Å². The van der Waals surface area contributed by atoms with Crippen LogP contribution in [0.2, 0.25) is 0 Å². The summed E-state index contributed by atoms with van der Waals surface area (Å²) in [6.07, 6.45) is -4.24. The summed E-state index contributed by atoms with van der Waals surface area (Å²) >= 11 is 0. The van der Waals surface area contributed by atoms with E-state index in [-0.39, 0.29) is 18.3 Å². The fraction of sp³-hybridized carbons (Fsp3) is 0.400. The Morgan fingerprint density at radius 3 is 2.45 bits per heavy atom. The number of benzene rings is 1.